The normalized spacial score (nSPS) is 12.2. The Kier molecular flexibility index (Phi) is 4.29. The molecule has 0 fully saturated rings. The van der Waals surface area contributed by atoms with Crippen LogP contribution in [0.5, 0.6) is 5.75 Å². The number of aliphatic hydroxyl groups is 1. The van der Waals surface area contributed by atoms with Gasteiger partial charge in [-0.3, -0.25) is 0 Å². The average molecular weight is 282 g/mol. The number of benzene rings is 2. The molecule has 1 N–H and O–H groups in total. The molecule has 2 aromatic carbocycles. The van der Waals surface area contributed by atoms with Gasteiger partial charge in [0.1, 0.15) is 12.7 Å². The van der Waals surface area contributed by atoms with Crippen molar-refractivity contribution in [1.29, 1.82) is 0 Å². The average Bonchev–Trinajstić information content (AvgIpc) is 2.43. The molecule has 0 aliphatic heterocycles. The van der Waals surface area contributed by atoms with E-state index in [1.165, 1.54) is 18.2 Å². The van der Waals surface area contributed by atoms with E-state index in [0.29, 0.717) is 5.56 Å². The summed E-state index contributed by atoms with van der Waals surface area (Å²) in [7, 11) is 0. The van der Waals surface area contributed by atoms with E-state index in [-0.39, 0.29) is 17.9 Å². The first-order valence-electron chi connectivity index (χ1n) is 6.00. The van der Waals surface area contributed by atoms with Gasteiger partial charge in [-0.15, -0.1) is 0 Å². The minimum atomic E-state index is -1.38. The molecule has 0 radical (unpaired) electrons. The van der Waals surface area contributed by atoms with Crippen LogP contribution in [-0.4, -0.2) is 11.7 Å². The van der Waals surface area contributed by atoms with Crippen LogP contribution in [0.2, 0.25) is 0 Å². The summed E-state index contributed by atoms with van der Waals surface area (Å²) in [6.45, 7) is 1.20. The van der Waals surface area contributed by atoms with Crippen LogP contribution in [0.15, 0.2) is 36.4 Å². The van der Waals surface area contributed by atoms with Crippen LogP contribution in [0.4, 0.5) is 13.2 Å². The monoisotopic (exact) mass is 282 g/mol. The Morgan fingerprint density at radius 1 is 1.05 bits per heavy atom. The highest BCUT2D eigenvalue weighted by molar-refractivity contribution is 5.30. The van der Waals surface area contributed by atoms with Crippen molar-refractivity contribution in [3.8, 4) is 5.75 Å². The van der Waals surface area contributed by atoms with Gasteiger partial charge in [0.25, 0.3) is 0 Å². The fraction of sp³-hybridized carbons (Fsp3) is 0.200. The Bertz CT molecular complexity index is 614. The molecule has 0 aliphatic rings. The van der Waals surface area contributed by atoms with E-state index in [9.17, 15) is 18.3 Å². The summed E-state index contributed by atoms with van der Waals surface area (Å²) in [6.07, 6.45) is -1.38. The molecule has 0 saturated heterocycles. The first kappa shape index (κ1) is 14.4. The Balaban J connectivity index is 2.11. The highest BCUT2D eigenvalue weighted by Gasteiger charge is 2.17. The van der Waals surface area contributed by atoms with Gasteiger partial charge in [-0.25, -0.2) is 13.2 Å². The summed E-state index contributed by atoms with van der Waals surface area (Å²) in [4.78, 5) is 0. The Hall–Kier alpha value is -2.01. The van der Waals surface area contributed by atoms with Gasteiger partial charge in [0, 0.05) is 5.56 Å². The smallest absolute Gasteiger partial charge is 0.167 e. The maximum Gasteiger partial charge on any atom is 0.167 e. The van der Waals surface area contributed by atoms with Crippen LogP contribution >= 0.6 is 0 Å². The molecule has 2 rings (SSSR count). The van der Waals surface area contributed by atoms with Gasteiger partial charge in [-0.2, -0.15) is 0 Å². The summed E-state index contributed by atoms with van der Waals surface area (Å²) in [5, 5.41) is 9.79. The van der Waals surface area contributed by atoms with Crippen molar-refractivity contribution in [3.63, 3.8) is 0 Å². The second kappa shape index (κ2) is 5.96. The third-order valence-corrected chi connectivity index (χ3v) is 2.89. The maximum absolute atomic E-state index is 13.7. The summed E-state index contributed by atoms with van der Waals surface area (Å²) in [6, 6.07) is 8.06. The number of hydrogen-bond donors (Lipinski definition) is 1. The molecule has 0 aromatic heterocycles. The number of aliphatic hydroxyl groups excluding tert-OH is 1. The topological polar surface area (TPSA) is 29.5 Å². The maximum atomic E-state index is 13.7. The SMILES string of the molecule is Cc1cccc(OCC(O)c2cccc(F)c2F)c1F. The molecule has 0 heterocycles. The van der Waals surface area contributed by atoms with Crippen LogP contribution in [0, 0.1) is 24.4 Å². The first-order chi connectivity index (χ1) is 9.50. The van der Waals surface area contributed by atoms with Crippen molar-refractivity contribution >= 4 is 0 Å². The third-order valence-electron chi connectivity index (χ3n) is 2.89. The van der Waals surface area contributed by atoms with Crippen molar-refractivity contribution in [2.24, 2.45) is 0 Å². The highest BCUT2D eigenvalue weighted by atomic mass is 19.2. The Labute approximate surface area is 114 Å². The van der Waals surface area contributed by atoms with Gasteiger partial charge in [-0.05, 0) is 24.6 Å². The van der Waals surface area contributed by atoms with Crippen LogP contribution in [0.1, 0.15) is 17.2 Å². The second-order valence-electron chi connectivity index (χ2n) is 4.36. The zero-order valence-electron chi connectivity index (χ0n) is 10.7. The lowest BCUT2D eigenvalue weighted by Gasteiger charge is -2.14. The fourth-order valence-corrected chi connectivity index (χ4v) is 1.77. The van der Waals surface area contributed by atoms with Gasteiger partial charge in [0.2, 0.25) is 0 Å². The van der Waals surface area contributed by atoms with Gasteiger partial charge < -0.3 is 9.84 Å². The summed E-state index contributed by atoms with van der Waals surface area (Å²) >= 11 is 0. The van der Waals surface area contributed by atoms with Gasteiger partial charge >= 0.3 is 0 Å². The van der Waals surface area contributed by atoms with Gasteiger partial charge in [0.15, 0.2) is 23.2 Å². The molecule has 20 heavy (non-hydrogen) atoms. The van der Waals surface area contributed by atoms with Crippen LogP contribution < -0.4 is 4.74 Å². The Morgan fingerprint density at radius 3 is 2.50 bits per heavy atom. The minimum absolute atomic E-state index is 0.0409. The predicted molar refractivity (Wildman–Crippen MR) is 67.9 cm³/mol. The quantitative estimate of drug-likeness (QED) is 0.929. The number of aryl methyl sites for hydroxylation is 1. The zero-order valence-corrected chi connectivity index (χ0v) is 10.7. The van der Waals surface area contributed by atoms with E-state index < -0.39 is 23.6 Å². The molecule has 106 valence electrons. The van der Waals surface area contributed by atoms with E-state index in [1.54, 1.807) is 19.1 Å². The molecule has 0 saturated carbocycles. The number of rotatable bonds is 4. The van der Waals surface area contributed by atoms with Gasteiger partial charge in [0.05, 0.1) is 0 Å². The molecule has 1 unspecified atom stereocenters. The lowest BCUT2D eigenvalue weighted by molar-refractivity contribution is 0.102. The highest BCUT2D eigenvalue weighted by Crippen LogP contribution is 2.23. The molecule has 5 heteroatoms. The molecule has 2 aromatic rings. The summed E-state index contributed by atoms with van der Waals surface area (Å²) < 4.78 is 45.3. The van der Waals surface area contributed by atoms with Crippen molar-refractivity contribution in [2.45, 2.75) is 13.0 Å². The predicted octanol–water partition coefficient (Wildman–Crippen LogP) is 3.52. The first-order valence-corrected chi connectivity index (χ1v) is 6.00. The molecule has 2 nitrogen and oxygen atoms in total. The van der Waals surface area contributed by atoms with E-state index >= 15 is 0 Å². The Morgan fingerprint density at radius 2 is 1.75 bits per heavy atom. The van der Waals surface area contributed by atoms with Crippen molar-refractivity contribution in [1.82, 2.24) is 0 Å². The van der Waals surface area contributed by atoms with Crippen molar-refractivity contribution < 1.29 is 23.0 Å². The lowest BCUT2D eigenvalue weighted by Crippen LogP contribution is -2.12. The van der Waals surface area contributed by atoms with Crippen LogP contribution in [0.3, 0.4) is 0 Å². The zero-order chi connectivity index (χ0) is 14.7. The largest absolute Gasteiger partial charge is 0.487 e. The number of hydrogen-bond acceptors (Lipinski definition) is 2. The summed E-state index contributed by atoms with van der Waals surface area (Å²) in [5.41, 5.74) is 0.173. The standard InChI is InChI=1S/C15H13F3O2/c1-9-4-2-7-13(14(9)17)20-8-12(19)10-5-3-6-11(16)15(10)18/h2-7,12,19H,8H2,1H3. The fourth-order valence-electron chi connectivity index (χ4n) is 1.77. The molecule has 1 atom stereocenters. The van der Waals surface area contributed by atoms with Crippen LogP contribution in [0.25, 0.3) is 0 Å². The van der Waals surface area contributed by atoms with Crippen molar-refractivity contribution in [3.05, 3.63) is 65.0 Å². The molecule has 0 amide bonds. The summed E-state index contributed by atoms with van der Waals surface area (Å²) in [5.74, 6) is -2.77. The lowest BCUT2D eigenvalue weighted by atomic mass is 10.1. The van der Waals surface area contributed by atoms with E-state index in [0.717, 1.165) is 6.07 Å². The molecule has 0 bridgehead atoms. The van der Waals surface area contributed by atoms with E-state index in [1.807, 2.05) is 0 Å². The van der Waals surface area contributed by atoms with E-state index in [4.69, 9.17) is 4.74 Å². The molecule has 0 aliphatic carbocycles. The third kappa shape index (κ3) is 2.93. The minimum Gasteiger partial charge on any atom is -0.487 e. The molecular weight excluding hydrogens is 269 g/mol. The van der Waals surface area contributed by atoms with Crippen LogP contribution in [-0.2, 0) is 0 Å². The number of ether oxygens (including phenoxy) is 1. The molecular formula is C15H13F3O2. The van der Waals surface area contributed by atoms with E-state index in [2.05, 4.69) is 0 Å². The van der Waals surface area contributed by atoms with Gasteiger partial charge in [-0.1, -0.05) is 24.3 Å². The molecule has 0 spiro atoms. The van der Waals surface area contributed by atoms with Crippen molar-refractivity contribution in [2.75, 3.05) is 6.61 Å². The second-order valence-corrected chi connectivity index (χ2v) is 4.36. The number of halogens is 3.